The van der Waals surface area contributed by atoms with Crippen molar-refractivity contribution in [2.24, 2.45) is 0 Å². The lowest BCUT2D eigenvalue weighted by Gasteiger charge is -2.12. The van der Waals surface area contributed by atoms with E-state index in [1.165, 1.54) is 12.1 Å². The van der Waals surface area contributed by atoms with E-state index in [0.29, 0.717) is 6.54 Å². The molecule has 0 spiro atoms. The topological polar surface area (TPSA) is 62.7 Å². The van der Waals surface area contributed by atoms with Gasteiger partial charge in [0, 0.05) is 35.5 Å². The first-order chi connectivity index (χ1) is 13.7. The molecule has 4 rings (SSSR count). The van der Waals surface area contributed by atoms with Gasteiger partial charge in [-0.15, -0.1) is 0 Å². The molecule has 140 valence electrons. The Morgan fingerprint density at radius 1 is 1.21 bits per heavy atom. The summed E-state index contributed by atoms with van der Waals surface area (Å²) >= 11 is 0. The fourth-order valence-corrected chi connectivity index (χ4v) is 3.22. The minimum atomic E-state index is -0.277. The highest BCUT2D eigenvalue weighted by molar-refractivity contribution is 5.92. The predicted octanol–water partition coefficient (Wildman–Crippen LogP) is 4.00. The molecular weight excluding hydrogens is 355 g/mol. The zero-order chi connectivity index (χ0) is 19.5. The van der Waals surface area contributed by atoms with Crippen molar-refractivity contribution in [3.8, 4) is 5.69 Å². The van der Waals surface area contributed by atoms with E-state index in [1.54, 1.807) is 29.1 Å². The molecule has 0 saturated carbocycles. The number of hydrogen-bond acceptors (Lipinski definition) is 3. The van der Waals surface area contributed by atoms with Crippen LogP contribution in [-0.2, 0) is 6.54 Å². The second-order valence-electron chi connectivity index (χ2n) is 6.39. The molecule has 0 atom stereocenters. The van der Waals surface area contributed by atoms with Crippen LogP contribution in [0.5, 0.6) is 0 Å². The van der Waals surface area contributed by atoms with Crippen LogP contribution in [0.2, 0.25) is 0 Å². The molecular formula is C22H19FN4O. The van der Waals surface area contributed by atoms with Crippen molar-refractivity contribution in [1.82, 2.24) is 20.1 Å². The third kappa shape index (κ3) is 3.44. The van der Waals surface area contributed by atoms with Crippen molar-refractivity contribution in [3.63, 3.8) is 0 Å². The standard InChI is InChI=1S/C22H19FN4O/c1-2-20(25-13-15-10-11-24-22(28)12-15)18-4-3-5-21-19(18)14-26-27(21)17-8-6-16(23)7-9-17/h2-12,14,25H,13H2,1H3,(H,24,28)/b20-2-. The summed E-state index contributed by atoms with van der Waals surface area (Å²) in [4.78, 5) is 14.1. The van der Waals surface area contributed by atoms with Crippen LogP contribution < -0.4 is 10.9 Å². The fourth-order valence-electron chi connectivity index (χ4n) is 3.22. The molecule has 2 aromatic heterocycles. The number of benzene rings is 2. The minimum Gasteiger partial charge on any atom is -0.381 e. The van der Waals surface area contributed by atoms with Crippen LogP contribution in [0.15, 0.2) is 77.9 Å². The summed E-state index contributed by atoms with van der Waals surface area (Å²) in [5.41, 5.74) is 4.47. The molecule has 6 heteroatoms. The van der Waals surface area contributed by atoms with Crippen LogP contribution in [0, 0.1) is 5.82 Å². The van der Waals surface area contributed by atoms with Crippen molar-refractivity contribution in [2.45, 2.75) is 13.5 Å². The summed E-state index contributed by atoms with van der Waals surface area (Å²) in [5, 5.41) is 8.88. The molecule has 28 heavy (non-hydrogen) atoms. The van der Waals surface area contributed by atoms with Crippen molar-refractivity contribution in [1.29, 1.82) is 0 Å². The largest absolute Gasteiger partial charge is 0.381 e. The summed E-state index contributed by atoms with van der Waals surface area (Å²) in [6, 6.07) is 15.7. The van der Waals surface area contributed by atoms with Gasteiger partial charge in [0.05, 0.1) is 17.4 Å². The molecule has 0 unspecified atom stereocenters. The van der Waals surface area contributed by atoms with E-state index in [1.807, 2.05) is 43.5 Å². The van der Waals surface area contributed by atoms with Gasteiger partial charge in [-0.1, -0.05) is 18.2 Å². The van der Waals surface area contributed by atoms with Gasteiger partial charge in [-0.25, -0.2) is 9.07 Å². The molecule has 2 aromatic carbocycles. The zero-order valence-electron chi connectivity index (χ0n) is 15.3. The lowest BCUT2D eigenvalue weighted by atomic mass is 10.1. The first-order valence-electron chi connectivity index (χ1n) is 8.96. The molecule has 0 fully saturated rings. The number of aromatic nitrogens is 3. The van der Waals surface area contributed by atoms with Crippen LogP contribution in [0.4, 0.5) is 4.39 Å². The Morgan fingerprint density at radius 2 is 2.04 bits per heavy atom. The molecule has 2 heterocycles. The maximum absolute atomic E-state index is 13.2. The molecule has 0 bridgehead atoms. The highest BCUT2D eigenvalue weighted by Gasteiger charge is 2.11. The number of halogens is 1. The molecule has 4 aromatic rings. The number of aromatic amines is 1. The van der Waals surface area contributed by atoms with Crippen LogP contribution in [-0.4, -0.2) is 14.8 Å². The smallest absolute Gasteiger partial charge is 0.248 e. The third-order valence-corrected chi connectivity index (χ3v) is 4.59. The minimum absolute atomic E-state index is 0.121. The van der Waals surface area contributed by atoms with E-state index < -0.39 is 0 Å². The van der Waals surface area contributed by atoms with E-state index in [0.717, 1.165) is 33.4 Å². The first kappa shape index (κ1) is 17.7. The Hall–Kier alpha value is -3.67. The number of pyridine rings is 1. The summed E-state index contributed by atoms with van der Waals surface area (Å²) < 4.78 is 15.0. The Morgan fingerprint density at radius 3 is 2.79 bits per heavy atom. The van der Waals surface area contributed by atoms with Crippen LogP contribution >= 0.6 is 0 Å². The van der Waals surface area contributed by atoms with Gasteiger partial charge >= 0.3 is 0 Å². The maximum atomic E-state index is 13.2. The van der Waals surface area contributed by atoms with Crippen LogP contribution in [0.1, 0.15) is 18.1 Å². The average Bonchev–Trinajstić information content (AvgIpc) is 3.14. The molecule has 0 amide bonds. The number of nitrogens with zero attached hydrogens (tertiary/aromatic N) is 2. The fraction of sp³-hybridized carbons (Fsp3) is 0.0909. The summed E-state index contributed by atoms with van der Waals surface area (Å²) in [5.74, 6) is -0.277. The van der Waals surface area contributed by atoms with Crippen LogP contribution in [0.25, 0.3) is 22.3 Å². The quantitative estimate of drug-likeness (QED) is 0.555. The van der Waals surface area contributed by atoms with Crippen molar-refractivity contribution in [2.75, 3.05) is 0 Å². The molecule has 0 saturated heterocycles. The second-order valence-corrected chi connectivity index (χ2v) is 6.39. The maximum Gasteiger partial charge on any atom is 0.248 e. The second kappa shape index (κ2) is 7.52. The highest BCUT2D eigenvalue weighted by Crippen LogP contribution is 2.26. The van der Waals surface area contributed by atoms with Gasteiger partial charge in [-0.3, -0.25) is 4.79 Å². The van der Waals surface area contributed by atoms with Crippen molar-refractivity contribution < 1.29 is 4.39 Å². The summed E-state index contributed by atoms with van der Waals surface area (Å²) in [6.45, 7) is 2.50. The van der Waals surface area contributed by atoms with Gasteiger partial charge in [0.1, 0.15) is 5.82 Å². The Labute approximate surface area is 161 Å². The number of hydrogen-bond donors (Lipinski definition) is 2. The van der Waals surface area contributed by atoms with Gasteiger partial charge in [0.15, 0.2) is 0 Å². The predicted molar refractivity (Wildman–Crippen MR) is 109 cm³/mol. The van der Waals surface area contributed by atoms with Gasteiger partial charge in [-0.05, 0) is 48.9 Å². The van der Waals surface area contributed by atoms with Gasteiger partial charge in [-0.2, -0.15) is 5.10 Å². The Kier molecular flexibility index (Phi) is 4.76. The Bertz CT molecular complexity index is 1210. The summed E-state index contributed by atoms with van der Waals surface area (Å²) in [6.07, 6.45) is 5.45. The van der Waals surface area contributed by atoms with E-state index in [4.69, 9.17) is 0 Å². The number of nitrogens with one attached hydrogen (secondary N) is 2. The lowest BCUT2D eigenvalue weighted by Crippen LogP contribution is -2.14. The molecule has 0 aliphatic carbocycles. The first-order valence-corrected chi connectivity index (χ1v) is 8.96. The van der Waals surface area contributed by atoms with Gasteiger partial charge in [0.25, 0.3) is 0 Å². The Balaban J connectivity index is 1.68. The van der Waals surface area contributed by atoms with Gasteiger partial charge in [0.2, 0.25) is 5.56 Å². The third-order valence-electron chi connectivity index (χ3n) is 4.59. The molecule has 0 aliphatic rings. The van der Waals surface area contributed by atoms with Crippen molar-refractivity contribution in [3.05, 3.63) is 100 Å². The number of fused-ring (bicyclic) bond motifs is 1. The monoisotopic (exact) mass is 374 g/mol. The molecule has 2 N–H and O–H groups in total. The molecule has 0 aliphatic heterocycles. The van der Waals surface area contributed by atoms with Crippen molar-refractivity contribution >= 4 is 16.6 Å². The molecule has 0 radical (unpaired) electrons. The van der Waals surface area contributed by atoms with E-state index in [2.05, 4.69) is 15.4 Å². The lowest BCUT2D eigenvalue weighted by molar-refractivity contribution is 0.627. The highest BCUT2D eigenvalue weighted by atomic mass is 19.1. The zero-order valence-corrected chi connectivity index (χ0v) is 15.3. The van der Waals surface area contributed by atoms with Crippen LogP contribution in [0.3, 0.4) is 0 Å². The van der Waals surface area contributed by atoms with E-state index >= 15 is 0 Å². The average molecular weight is 374 g/mol. The number of allylic oxidation sites excluding steroid dienone is 1. The normalized spacial score (nSPS) is 11.7. The van der Waals surface area contributed by atoms with Gasteiger partial charge < -0.3 is 10.3 Å². The summed E-state index contributed by atoms with van der Waals surface area (Å²) in [7, 11) is 0. The molecule has 5 nitrogen and oxygen atoms in total. The van der Waals surface area contributed by atoms with E-state index in [-0.39, 0.29) is 11.4 Å². The number of H-pyrrole nitrogens is 1. The number of rotatable bonds is 5. The SMILES string of the molecule is C/C=C(\NCc1cc[nH]c(=O)c1)c1cccc2c1cnn2-c1ccc(F)cc1. The van der Waals surface area contributed by atoms with E-state index in [9.17, 15) is 9.18 Å².